The summed E-state index contributed by atoms with van der Waals surface area (Å²) in [4.78, 5) is 7.91. The molecule has 0 aliphatic heterocycles. The Hall–Kier alpha value is -0.830. The number of nitrogens with zero attached hydrogens (tertiary/aromatic N) is 2. The monoisotopic (exact) mass is 213 g/mol. The fourth-order valence-corrected chi connectivity index (χ4v) is 1.29. The molecule has 0 radical (unpaired) electrons. The minimum atomic E-state index is 0.368. The van der Waals surface area contributed by atoms with Gasteiger partial charge in [0.15, 0.2) is 0 Å². The highest BCUT2D eigenvalue weighted by Gasteiger charge is 2.11. The predicted molar refractivity (Wildman–Crippen MR) is 59.6 cm³/mol. The molecule has 0 spiro atoms. The van der Waals surface area contributed by atoms with Crippen molar-refractivity contribution in [3.63, 3.8) is 0 Å². The van der Waals surface area contributed by atoms with Crippen LogP contribution in [0.15, 0.2) is 12.5 Å². The Morgan fingerprint density at radius 3 is 2.79 bits per heavy atom. The smallest absolute Gasteiger partial charge is 0.148 e. The van der Waals surface area contributed by atoms with Gasteiger partial charge in [-0.15, -0.1) is 0 Å². The summed E-state index contributed by atoms with van der Waals surface area (Å²) in [6.07, 6.45) is 4.23. The second-order valence-electron chi connectivity index (χ2n) is 3.54. The maximum absolute atomic E-state index is 5.93. The van der Waals surface area contributed by atoms with E-state index in [0.29, 0.717) is 17.0 Å². The fourth-order valence-electron chi connectivity index (χ4n) is 1.13. The summed E-state index contributed by atoms with van der Waals surface area (Å²) in [5, 5.41) is 3.85. The first kappa shape index (κ1) is 11.2. The molecule has 3 nitrogen and oxygen atoms in total. The topological polar surface area (TPSA) is 37.8 Å². The molecule has 0 aromatic carbocycles. The van der Waals surface area contributed by atoms with E-state index in [4.69, 9.17) is 11.6 Å². The van der Waals surface area contributed by atoms with Crippen LogP contribution >= 0.6 is 11.6 Å². The van der Waals surface area contributed by atoms with Crippen molar-refractivity contribution in [3.8, 4) is 0 Å². The van der Waals surface area contributed by atoms with Gasteiger partial charge in [-0.3, -0.25) is 0 Å². The van der Waals surface area contributed by atoms with Crippen LogP contribution < -0.4 is 5.32 Å². The van der Waals surface area contributed by atoms with Crippen LogP contribution in [0.25, 0.3) is 0 Å². The molecule has 1 heterocycles. The highest BCUT2D eigenvalue weighted by atomic mass is 35.5. The van der Waals surface area contributed by atoms with Crippen LogP contribution in [0.4, 0.5) is 5.82 Å². The normalized spacial score (nSPS) is 14.9. The highest BCUT2D eigenvalue weighted by molar-refractivity contribution is 6.32. The SMILES string of the molecule is CCC(C)C(C)Nc1ncncc1Cl. The maximum Gasteiger partial charge on any atom is 0.148 e. The van der Waals surface area contributed by atoms with E-state index in [2.05, 4.69) is 36.1 Å². The van der Waals surface area contributed by atoms with E-state index in [0.717, 1.165) is 12.2 Å². The summed E-state index contributed by atoms with van der Waals surface area (Å²) in [6.45, 7) is 6.50. The minimum absolute atomic E-state index is 0.368. The van der Waals surface area contributed by atoms with E-state index in [1.807, 2.05) is 0 Å². The molecular formula is C10H16ClN3. The van der Waals surface area contributed by atoms with Gasteiger partial charge in [0.2, 0.25) is 0 Å². The van der Waals surface area contributed by atoms with E-state index in [9.17, 15) is 0 Å². The largest absolute Gasteiger partial charge is 0.366 e. The van der Waals surface area contributed by atoms with Crippen LogP contribution in [0.1, 0.15) is 27.2 Å². The average molecular weight is 214 g/mol. The zero-order valence-corrected chi connectivity index (χ0v) is 9.54. The van der Waals surface area contributed by atoms with Crippen LogP contribution in [0.3, 0.4) is 0 Å². The maximum atomic E-state index is 5.93. The van der Waals surface area contributed by atoms with Gasteiger partial charge in [0, 0.05) is 6.04 Å². The zero-order chi connectivity index (χ0) is 10.6. The lowest BCUT2D eigenvalue weighted by atomic mass is 10.0. The summed E-state index contributed by atoms with van der Waals surface area (Å²) in [7, 11) is 0. The Kier molecular flexibility index (Phi) is 4.14. The van der Waals surface area contributed by atoms with E-state index in [1.54, 1.807) is 6.20 Å². The van der Waals surface area contributed by atoms with Crippen molar-refractivity contribution in [1.29, 1.82) is 0 Å². The first-order valence-corrected chi connectivity index (χ1v) is 5.25. The zero-order valence-electron chi connectivity index (χ0n) is 8.79. The summed E-state index contributed by atoms with van der Waals surface area (Å²) >= 11 is 5.93. The van der Waals surface area contributed by atoms with Crippen molar-refractivity contribution in [2.45, 2.75) is 33.2 Å². The van der Waals surface area contributed by atoms with Crippen molar-refractivity contribution in [2.75, 3.05) is 5.32 Å². The lowest BCUT2D eigenvalue weighted by Crippen LogP contribution is -2.23. The van der Waals surface area contributed by atoms with Crippen molar-refractivity contribution in [3.05, 3.63) is 17.5 Å². The lowest BCUT2D eigenvalue weighted by Gasteiger charge is -2.20. The van der Waals surface area contributed by atoms with Crippen molar-refractivity contribution in [2.24, 2.45) is 5.92 Å². The molecule has 0 saturated heterocycles. The Bertz CT molecular complexity index is 290. The number of anilines is 1. The van der Waals surface area contributed by atoms with Crippen LogP contribution in [-0.2, 0) is 0 Å². The summed E-state index contributed by atoms with van der Waals surface area (Å²) in [5.74, 6) is 1.32. The van der Waals surface area contributed by atoms with Gasteiger partial charge in [-0.25, -0.2) is 9.97 Å². The number of hydrogen-bond donors (Lipinski definition) is 1. The first-order chi connectivity index (χ1) is 6.65. The molecule has 0 saturated carbocycles. The fraction of sp³-hybridized carbons (Fsp3) is 0.600. The van der Waals surface area contributed by atoms with Crippen molar-refractivity contribution >= 4 is 17.4 Å². The Labute approximate surface area is 89.9 Å². The first-order valence-electron chi connectivity index (χ1n) is 4.87. The standard InChI is InChI=1S/C10H16ClN3/c1-4-7(2)8(3)14-10-9(11)5-12-6-13-10/h5-8H,4H2,1-3H3,(H,12,13,14). The molecule has 0 amide bonds. The third kappa shape index (κ3) is 2.84. The minimum Gasteiger partial charge on any atom is -0.366 e. The van der Waals surface area contributed by atoms with E-state index in [1.165, 1.54) is 6.33 Å². The molecule has 14 heavy (non-hydrogen) atoms. The van der Waals surface area contributed by atoms with E-state index in [-0.39, 0.29) is 0 Å². The highest BCUT2D eigenvalue weighted by Crippen LogP contribution is 2.19. The molecule has 2 atom stereocenters. The number of rotatable bonds is 4. The number of aromatic nitrogens is 2. The van der Waals surface area contributed by atoms with Gasteiger partial charge < -0.3 is 5.32 Å². The average Bonchev–Trinajstić information content (AvgIpc) is 2.20. The van der Waals surface area contributed by atoms with Gasteiger partial charge in [0.05, 0.1) is 6.20 Å². The molecular weight excluding hydrogens is 198 g/mol. The molecule has 0 bridgehead atoms. The van der Waals surface area contributed by atoms with Crippen LogP contribution in [0, 0.1) is 5.92 Å². The van der Waals surface area contributed by atoms with Gasteiger partial charge in [0.25, 0.3) is 0 Å². The molecule has 1 rings (SSSR count). The molecule has 0 fully saturated rings. The van der Waals surface area contributed by atoms with Crippen LogP contribution in [0.5, 0.6) is 0 Å². The number of hydrogen-bond acceptors (Lipinski definition) is 3. The van der Waals surface area contributed by atoms with Gasteiger partial charge in [0.1, 0.15) is 17.2 Å². The van der Waals surface area contributed by atoms with Crippen LogP contribution in [0.2, 0.25) is 5.02 Å². The van der Waals surface area contributed by atoms with Gasteiger partial charge in [-0.2, -0.15) is 0 Å². The summed E-state index contributed by atoms with van der Waals surface area (Å²) in [5.41, 5.74) is 0. The molecule has 2 unspecified atom stereocenters. The third-order valence-electron chi connectivity index (χ3n) is 2.53. The van der Waals surface area contributed by atoms with E-state index < -0.39 is 0 Å². The second-order valence-corrected chi connectivity index (χ2v) is 3.95. The Balaban J connectivity index is 2.64. The van der Waals surface area contributed by atoms with Crippen molar-refractivity contribution in [1.82, 2.24) is 9.97 Å². The molecule has 4 heteroatoms. The van der Waals surface area contributed by atoms with Crippen molar-refractivity contribution < 1.29 is 0 Å². The molecule has 0 aliphatic carbocycles. The number of halogens is 1. The molecule has 1 N–H and O–H groups in total. The quantitative estimate of drug-likeness (QED) is 0.836. The van der Waals surface area contributed by atoms with Gasteiger partial charge >= 0.3 is 0 Å². The van der Waals surface area contributed by atoms with E-state index >= 15 is 0 Å². The van der Waals surface area contributed by atoms with Gasteiger partial charge in [-0.05, 0) is 12.8 Å². The molecule has 0 aliphatic rings. The molecule has 1 aromatic heterocycles. The Morgan fingerprint density at radius 1 is 1.50 bits per heavy atom. The van der Waals surface area contributed by atoms with Crippen LogP contribution in [-0.4, -0.2) is 16.0 Å². The lowest BCUT2D eigenvalue weighted by molar-refractivity contribution is 0.493. The van der Waals surface area contributed by atoms with Gasteiger partial charge in [-0.1, -0.05) is 31.9 Å². The third-order valence-corrected chi connectivity index (χ3v) is 2.81. The summed E-state index contributed by atoms with van der Waals surface area (Å²) < 4.78 is 0. The molecule has 78 valence electrons. The summed E-state index contributed by atoms with van der Waals surface area (Å²) in [6, 6.07) is 0.368. The molecule has 1 aromatic rings. The number of nitrogens with one attached hydrogen (secondary N) is 1. The second kappa shape index (κ2) is 5.15. The Morgan fingerprint density at radius 2 is 2.21 bits per heavy atom. The predicted octanol–water partition coefficient (Wildman–Crippen LogP) is 2.98.